The van der Waals surface area contributed by atoms with E-state index in [0.29, 0.717) is 16.5 Å². The fourth-order valence-electron chi connectivity index (χ4n) is 1.33. The molecular formula is C11H15BrClNO. The molecular weight excluding hydrogens is 277 g/mol. The second-order valence-electron chi connectivity index (χ2n) is 3.36. The van der Waals surface area contributed by atoms with Crippen LogP contribution in [-0.4, -0.2) is 6.10 Å². The maximum absolute atomic E-state index is 5.86. The number of anilines is 1. The van der Waals surface area contributed by atoms with E-state index in [9.17, 15) is 0 Å². The van der Waals surface area contributed by atoms with E-state index in [1.54, 1.807) is 12.1 Å². The van der Waals surface area contributed by atoms with Gasteiger partial charge in [0.1, 0.15) is 0 Å². The minimum absolute atomic E-state index is 0.199. The molecule has 0 aliphatic heterocycles. The number of ether oxygens (including phenoxy) is 1. The maximum Gasteiger partial charge on any atom is 0.156 e. The van der Waals surface area contributed by atoms with Gasteiger partial charge in [-0.2, -0.15) is 0 Å². The van der Waals surface area contributed by atoms with Gasteiger partial charge in [0, 0.05) is 5.02 Å². The monoisotopic (exact) mass is 291 g/mol. The SMILES string of the molecule is CCC(CC)Oc1c(N)cc(Cl)cc1Br. The third kappa shape index (κ3) is 3.28. The fraction of sp³-hybridized carbons (Fsp3) is 0.455. The molecule has 0 aromatic heterocycles. The number of hydrogen-bond donors (Lipinski definition) is 1. The minimum atomic E-state index is 0.199. The highest BCUT2D eigenvalue weighted by molar-refractivity contribution is 9.10. The molecule has 1 aromatic rings. The van der Waals surface area contributed by atoms with Crippen LogP contribution < -0.4 is 10.5 Å². The van der Waals surface area contributed by atoms with Crippen LogP contribution >= 0.6 is 27.5 Å². The number of nitrogens with two attached hydrogens (primary N) is 1. The number of hydrogen-bond acceptors (Lipinski definition) is 2. The van der Waals surface area contributed by atoms with E-state index in [2.05, 4.69) is 29.8 Å². The molecule has 1 rings (SSSR count). The molecule has 2 N–H and O–H groups in total. The molecule has 4 heteroatoms. The second-order valence-corrected chi connectivity index (χ2v) is 4.65. The van der Waals surface area contributed by atoms with E-state index in [1.807, 2.05) is 0 Å². The second kappa shape index (κ2) is 5.61. The van der Waals surface area contributed by atoms with Gasteiger partial charge < -0.3 is 10.5 Å². The Labute approximate surface area is 104 Å². The Kier molecular flexibility index (Phi) is 4.74. The van der Waals surface area contributed by atoms with E-state index in [1.165, 1.54) is 0 Å². The zero-order valence-corrected chi connectivity index (χ0v) is 11.2. The van der Waals surface area contributed by atoms with Crippen molar-refractivity contribution in [2.45, 2.75) is 32.8 Å². The van der Waals surface area contributed by atoms with E-state index in [0.717, 1.165) is 17.3 Å². The van der Waals surface area contributed by atoms with Crippen molar-refractivity contribution >= 4 is 33.2 Å². The van der Waals surface area contributed by atoms with Gasteiger partial charge in [-0.25, -0.2) is 0 Å². The van der Waals surface area contributed by atoms with Crippen molar-refractivity contribution in [1.29, 1.82) is 0 Å². The standard InChI is InChI=1S/C11H15BrClNO/c1-3-8(4-2)15-11-9(12)5-7(13)6-10(11)14/h5-6,8H,3-4,14H2,1-2H3. The van der Waals surface area contributed by atoms with Gasteiger partial charge in [-0.1, -0.05) is 25.4 Å². The molecule has 2 nitrogen and oxygen atoms in total. The summed E-state index contributed by atoms with van der Waals surface area (Å²) in [5.41, 5.74) is 6.41. The summed E-state index contributed by atoms with van der Waals surface area (Å²) in [6.07, 6.45) is 2.13. The molecule has 15 heavy (non-hydrogen) atoms. The maximum atomic E-state index is 5.86. The summed E-state index contributed by atoms with van der Waals surface area (Å²) in [4.78, 5) is 0. The highest BCUT2D eigenvalue weighted by Crippen LogP contribution is 2.35. The summed E-state index contributed by atoms with van der Waals surface area (Å²) in [7, 11) is 0. The quantitative estimate of drug-likeness (QED) is 0.842. The van der Waals surface area contributed by atoms with Crippen LogP contribution in [0.1, 0.15) is 26.7 Å². The predicted molar refractivity (Wildman–Crippen MR) is 68.6 cm³/mol. The van der Waals surface area contributed by atoms with E-state index >= 15 is 0 Å². The molecule has 0 radical (unpaired) electrons. The molecule has 0 bridgehead atoms. The fourth-order valence-corrected chi connectivity index (χ4v) is 2.25. The summed E-state index contributed by atoms with van der Waals surface area (Å²) in [6, 6.07) is 3.49. The molecule has 0 saturated carbocycles. The highest BCUT2D eigenvalue weighted by Gasteiger charge is 2.12. The molecule has 0 atom stereocenters. The van der Waals surface area contributed by atoms with Gasteiger partial charge in [0.2, 0.25) is 0 Å². The topological polar surface area (TPSA) is 35.2 Å². The third-order valence-electron chi connectivity index (χ3n) is 2.23. The Bertz CT molecular complexity index is 316. The Morgan fingerprint density at radius 3 is 2.47 bits per heavy atom. The van der Waals surface area contributed by atoms with E-state index < -0.39 is 0 Å². The Hall–Kier alpha value is -0.410. The lowest BCUT2D eigenvalue weighted by atomic mass is 10.2. The summed E-state index contributed by atoms with van der Waals surface area (Å²) in [5, 5.41) is 0.608. The summed E-state index contributed by atoms with van der Waals surface area (Å²) in [5.74, 6) is 0.688. The highest BCUT2D eigenvalue weighted by atomic mass is 79.9. The smallest absolute Gasteiger partial charge is 0.156 e. The van der Waals surface area contributed by atoms with E-state index in [4.69, 9.17) is 22.1 Å². The van der Waals surface area contributed by atoms with Crippen LogP contribution in [0.25, 0.3) is 0 Å². The molecule has 0 saturated heterocycles. The van der Waals surface area contributed by atoms with Crippen LogP contribution in [0.15, 0.2) is 16.6 Å². The molecule has 0 aliphatic rings. The lowest BCUT2D eigenvalue weighted by molar-refractivity contribution is 0.193. The van der Waals surface area contributed by atoms with Gasteiger partial charge in [-0.05, 0) is 40.9 Å². The zero-order chi connectivity index (χ0) is 11.4. The van der Waals surface area contributed by atoms with Crippen LogP contribution in [0, 0.1) is 0 Å². The van der Waals surface area contributed by atoms with Crippen molar-refractivity contribution in [2.24, 2.45) is 0 Å². The third-order valence-corrected chi connectivity index (χ3v) is 3.04. The van der Waals surface area contributed by atoms with Crippen molar-refractivity contribution < 1.29 is 4.74 Å². The Morgan fingerprint density at radius 1 is 1.40 bits per heavy atom. The van der Waals surface area contributed by atoms with Gasteiger partial charge in [0.25, 0.3) is 0 Å². The molecule has 0 aliphatic carbocycles. The van der Waals surface area contributed by atoms with Crippen LogP contribution in [0.2, 0.25) is 5.02 Å². The first-order valence-electron chi connectivity index (χ1n) is 4.99. The Morgan fingerprint density at radius 2 is 2.00 bits per heavy atom. The lowest BCUT2D eigenvalue weighted by Crippen LogP contribution is -2.14. The summed E-state index contributed by atoms with van der Waals surface area (Å²) < 4.78 is 6.60. The first kappa shape index (κ1) is 12.7. The van der Waals surface area contributed by atoms with Crippen molar-refractivity contribution in [3.8, 4) is 5.75 Å². The van der Waals surface area contributed by atoms with Gasteiger partial charge in [0.05, 0.1) is 16.3 Å². The number of rotatable bonds is 4. The van der Waals surface area contributed by atoms with E-state index in [-0.39, 0.29) is 6.10 Å². The van der Waals surface area contributed by atoms with Crippen LogP contribution in [0.4, 0.5) is 5.69 Å². The number of halogens is 2. The number of benzene rings is 1. The van der Waals surface area contributed by atoms with Gasteiger partial charge >= 0.3 is 0 Å². The van der Waals surface area contributed by atoms with Crippen molar-refractivity contribution in [3.05, 3.63) is 21.6 Å². The van der Waals surface area contributed by atoms with Crippen LogP contribution in [0.5, 0.6) is 5.75 Å². The van der Waals surface area contributed by atoms with Crippen molar-refractivity contribution in [2.75, 3.05) is 5.73 Å². The van der Waals surface area contributed by atoms with Gasteiger partial charge in [-0.3, -0.25) is 0 Å². The molecule has 84 valence electrons. The van der Waals surface area contributed by atoms with Gasteiger partial charge in [0.15, 0.2) is 5.75 Å². The largest absolute Gasteiger partial charge is 0.487 e. The minimum Gasteiger partial charge on any atom is -0.487 e. The first-order chi connectivity index (χ1) is 7.08. The molecule has 0 heterocycles. The first-order valence-corrected chi connectivity index (χ1v) is 6.16. The normalized spacial score (nSPS) is 10.7. The zero-order valence-electron chi connectivity index (χ0n) is 8.89. The van der Waals surface area contributed by atoms with Crippen molar-refractivity contribution in [1.82, 2.24) is 0 Å². The van der Waals surface area contributed by atoms with Crippen molar-refractivity contribution in [3.63, 3.8) is 0 Å². The predicted octanol–water partition coefficient (Wildman–Crippen LogP) is 4.25. The molecule has 0 unspecified atom stereocenters. The van der Waals surface area contributed by atoms with Gasteiger partial charge in [-0.15, -0.1) is 0 Å². The van der Waals surface area contributed by atoms with Crippen LogP contribution in [-0.2, 0) is 0 Å². The molecule has 0 amide bonds. The molecule has 0 fully saturated rings. The van der Waals surface area contributed by atoms with Crippen LogP contribution in [0.3, 0.4) is 0 Å². The summed E-state index contributed by atoms with van der Waals surface area (Å²) >= 11 is 9.26. The lowest BCUT2D eigenvalue weighted by Gasteiger charge is -2.18. The number of nitrogen functional groups attached to an aromatic ring is 1. The average Bonchev–Trinajstić information content (AvgIpc) is 2.17. The molecule has 0 spiro atoms. The average molecular weight is 293 g/mol. The molecule has 1 aromatic carbocycles. The Balaban J connectivity index is 2.94. The summed E-state index contributed by atoms with van der Waals surface area (Å²) in [6.45, 7) is 4.18.